The van der Waals surface area contributed by atoms with Gasteiger partial charge in [-0.25, -0.2) is 54.3 Å². The first kappa shape index (κ1) is 91.3. The van der Waals surface area contributed by atoms with E-state index in [2.05, 4.69) is 148 Å². The van der Waals surface area contributed by atoms with Crippen LogP contribution in [-0.4, -0.2) is 184 Å². The summed E-state index contributed by atoms with van der Waals surface area (Å²) in [7, 11) is -4.88. The number of alkyl halides is 1. The molecule has 0 radical (unpaired) electrons. The molecule has 1 saturated heterocycles. The Bertz CT molecular complexity index is 5190. The Morgan fingerprint density at radius 3 is 2.08 bits per heavy atom. The maximum absolute atomic E-state index is 15.8. The first-order valence-corrected chi connectivity index (χ1v) is 46.1. The number of amides is 1. The van der Waals surface area contributed by atoms with Crippen molar-refractivity contribution >= 4 is 100 Å². The zero-order valence-corrected chi connectivity index (χ0v) is 72.8. The van der Waals surface area contributed by atoms with Crippen molar-refractivity contribution in [3.63, 3.8) is 0 Å². The smallest absolute Gasteiger partial charge is 0.473 e. The number of nitrogen functional groups attached to an aromatic ring is 1. The molecule has 0 saturated carbocycles. The summed E-state index contributed by atoms with van der Waals surface area (Å²) in [4.78, 5) is 103. The molecule has 9 heterocycles. The van der Waals surface area contributed by atoms with Gasteiger partial charge in [0.05, 0.1) is 77.1 Å². The number of anilines is 2. The number of aryl methyl sites for hydroxylation is 1. The lowest BCUT2D eigenvalue weighted by atomic mass is 9.79. The Labute approximate surface area is 689 Å². The molecule has 10 aromatic rings. The Balaban J connectivity index is 0.000000196. The van der Waals surface area contributed by atoms with Crippen molar-refractivity contribution in [2.45, 2.75) is 181 Å². The van der Waals surface area contributed by atoms with E-state index in [0.717, 1.165) is 68.2 Å². The Hall–Kier alpha value is -9.00. The van der Waals surface area contributed by atoms with E-state index in [4.69, 9.17) is 79.4 Å². The summed E-state index contributed by atoms with van der Waals surface area (Å²) in [5.41, 5.74) is 10.0. The van der Waals surface area contributed by atoms with E-state index in [9.17, 15) is 28.7 Å². The van der Waals surface area contributed by atoms with E-state index >= 15 is 4.39 Å². The van der Waals surface area contributed by atoms with Gasteiger partial charge < -0.3 is 71.9 Å². The molecule has 3 aromatic carbocycles. The number of H-pyrrole nitrogens is 3. The largest absolute Gasteiger partial charge is 0.497 e. The minimum atomic E-state index is -5.04. The summed E-state index contributed by atoms with van der Waals surface area (Å²) in [6.45, 7) is 30.5. The van der Waals surface area contributed by atoms with Gasteiger partial charge in [-0.15, -0.1) is 0 Å². The lowest BCUT2D eigenvalue weighted by Crippen LogP contribution is -2.43. The van der Waals surface area contributed by atoms with Crippen LogP contribution in [0.1, 0.15) is 135 Å². The SMILES string of the molecule is CC(=O)O[C@@H](C)C(=O)Nc1cncnc1CCCO[Si](C)(C)C(C)(C)C.C[C@@H]1OP(=O)(O)O[C@@H]2[C@H](F)[C@@H](COP(O)(=S)OCC[n+]3c1[nH]c1cncnc13)O[C@H]2n1cnc2nc(N)[nH]c(=O)c21.[C-]#[N+]CCOP(OCC[n+]1c([C@H](C)OC(c2ccccc2)(c2ccc(OC)cc2)c2ccc(OC)cc2)[nH]c2cncnc21)N(C(C)C)C(C)C. The van der Waals surface area contributed by atoms with Crippen molar-refractivity contribution in [3.05, 3.63) is 179 Å². The lowest BCUT2D eigenvalue weighted by Gasteiger charge is -2.37. The highest BCUT2D eigenvalue weighted by Crippen LogP contribution is 2.54. The number of fused-ring (bicyclic) bond motifs is 7. The number of nitrogens with one attached hydrogen (secondary N) is 4. The minimum Gasteiger partial charge on any atom is -0.497 e. The second kappa shape index (κ2) is 40.4. The molecule has 2 bridgehead atoms. The zero-order chi connectivity index (χ0) is 85.4. The quantitative estimate of drug-likeness (QED) is 0.00478. The summed E-state index contributed by atoms with van der Waals surface area (Å²) in [5, 5.41) is 2.90. The van der Waals surface area contributed by atoms with Gasteiger partial charge in [0.25, 0.3) is 20.0 Å². The number of carbonyl (C=O) groups is 2. The van der Waals surface area contributed by atoms with Crippen molar-refractivity contribution in [2.24, 2.45) is 0 Å². The van der Waals surface area contributed by atoms with Crippen LogP contribution >= 0.6 is 23.1 Å². The average Bonchev–Trinajstić information content (AvgIpc) is 1.19. The molecule has 36 nitrogen and oxygen atoms in total. The molecule has 42 heteroatoms. The number of phosphoric acid groups is 1. The number of aromatic amines is 3. The molecule has 1 amide bonds. The lowest BCUT2D eigenvalue weighted by molar-refractivity contribution is -0.685. The van der Waals surface area contributed by atoms with Gasteiger partial charge in [0.15, 0.2) is 67.8 Å². The minimum absolute atomic E-state index is 0.0656. The third-order valence-electron chi connectivity index (χ3n) is 19.6. The number of hydrogen-bond acceptors (Lipinski definition) is 27. The summed E-state index contributed by atoms with van der Waals surface area (Å²) < 4.78 is 106. The topological polar surface area (TPSA) is 428 Å². The van der Waals surface area contributed by atoms with Gasteiger partial charge in [-0.3, -0.25) is 43.0 Å². The van der Waals surface area contributed by atoms with Crippen molar-refractivity contribution in [1.82, 2.24) is 64.1 Å². The van der Waals surface area contributed by atoms with Gasteiger partial charge in [-0.2, -0.15) is 4.98 Å². The van der Waals surface area contributed by atoms with Crippen LogP contribution in [0.3, 0.4) is 0 Å². The van der Waals surface area contributed by atoms with E-state index in [1.54, 1.807) is 37.5 Å². The monoisotopic (exact) mass is 1730 g/mol. The normalized spacial score (nSPS) is 20.2. The second-order valence-electron chi connectivity index (χ2n) is 29.5. The van der Waals surface area contributed by atoms with Crippen LogP contribution < -0.4 is 35.2 Å². The third-order valence-corrected chi connectivity index (χ3v) is 28.9. The number of esters is 1. The van der Waals surface area contributed by atoms with Gasteiger partial charge in [0.1, 0.15) is 54.7 Å². The van der Waals surface area contributed by atoms with Crippen LogP contribution in [0.15, 0.2) is 128 Å². The first-order chi connectivity index (χ1) is 56.1. The fourth-order valence-corrected chi connectivity index (χ4v) is 17.9. The van der Waals surface area contributed by atoms with Crippen LogP contribution in [0.2, 0.25) is 18.1 Å². The van der Waals surface area contributed by atoms with Crippen LogP contribution in [-0.2, 0) is 96.9 Å². The molecule has 3 unspecified atom stereocenters. The Morgan fingerprint density at radius 2 is 1.46 bits per heavy atom. The van der Waals surface area contributed by atoms with Gasteiger partial charge in [0.2, 0.25) is 24.1 Å². The highest BCUT2D eigenvalue weighted by Gasteiger charge is 2.52. The van der Waals surface area contributed by atoms with Crippen LogP contribution in [0.25, 0.3) is 38.3 Å². The number of imidazole rings is 3. The van der Waals surface area contributed by atoms with Crippen LogP contribution in [0.4, 0.5) is 16.0 Å². The summed E-state index contributed by atoms with van der Waals surface area (Å²) >= 11 is 5.08. The number of benzene rings is 3. The first-order valence-electron chi connectivity index (χ1n) is 38.0. The number of phosphoric ester groups is 1. The molecule has 0 spiro atoms. The van der Waals surface area contributed by atoms with Crippen LogP contribution in [0.5, 0.6) is 11.5 Å². The predicted octanol–water partition coefficient (Wildman–Crippen LogP) is 11.0. The highest BCUT2D eigenvalue weighted by atomic mass is 32.5. The number of hydrogen-bond donors (Lipinski definition) is 7. The van der Waals surface area contributed by atoms with E-state index in [1.807, 2.05) is 73.7 Å². The molecule has 12 rings (SSSR count). The van der Waals surface area contributed by atoms with Crippen molar-refractivity contribution in [1.29, 1.82) is 0 Å². The second-order valence-corrected chi connectivity index (χ2v) is 39.9. The number of aromatic nitrogens is 14. The molecule has 8 N–H and O–H groups in total. The van der Waals surface area contributed by atoms with Gasteiger partial charge in [-0.05, 0) is 132 Å². The molecule has 2 aliphatic rings. The maximum Gasteiger partial charge on any atom is 0.473 e. The number of nitrogens with two attached hydrogens (primary N) is 1. The van der Waals surface area contributed by atoms with E-state index < -0.39 is 104 Å². The molecule has 0 aliphatic carbocycles. The molecule has 7 aromatic heterocycles. The maximum atomic E-state index is 15.8. The number of methoxy groups -OCH3 is 2. The van der Waals surface area contributed by atoms with Crippen molar-refractivity contribution in [3.8, 4) is 11.5 Å². The number of rotatable bonds is 27. The standard InChI is InChI=1S/C39H47N6O5P.C19H22FN9O9P2S.C18H31N3O4Si/c1-28(2)45(29(3)4)51(48-24-22-40-6)49-25-23-44-37(43-36-26-41-27-42-38(36)44)30(5)50-39(31-12-10-9-11-13-31,32-14-18-34(46-7)19-15-32)33-16-20-35(47-8)21-17-33;1-8-15-25-9-4-22-6-23-16(9)28(15)2-3-34-40(33,41)35-5-10-11(20)13(38-39(31,32)37-8)18(36-10)29-7-24-14-12(29)17(30)27-19(21)26-14;1-13(25-14(2)22)17(23)21-16-11-19-12-20-15(16)9-8-10-24-26(6,7)18(3,4)5/h9-21,26-30H,22-25H2,1-5,7-8H3;4,6-8,10-11,13,18H,2-3,5H2,1H3,(H5,21,26,27,30,31,32,33,41);11-13H,8-10H2,1-7H3,(H,21,23)/p+2/t30-,51?;8-,10+,11+,13+,18+,40?;13-/m000/s1. The number of halogens is 1. The van der Waals surface area contributed by atoms with E-state index in [-0.39, 0.29) is 59.8 Å². The number of ether oxygens (including phenoxy) is 5. The molecular weight excluding hydrogens is 1630 g/mol. The summed E-state index contributed by atoms with van der Waals surface area (Å²) in [6.07, 6.45) is 2.21. The van der Waals surface area contributed by atoms with Gasteiger partial charge in [-0.1, -0.05) is 85.3 Å². The molecule has 118 heavy (non-hydrogen) atoms. The van der Waals surface area contributed by atoms with Gasteiger partial charge in [0, 0.05) is 25.6 Å². The van der Waals surface area contributed by atoms with Gasteiger partial charge >= 0.3 is 31.8 Å². The summed E-state index contributed by atoms with van der Waals surface area (Å²) in [5.74, 6) is 1.45. The molecule has 10 atom stereocenters. The fraction of sp³-hybridized carbons (Fsp3) is 0.474. The fourth-order valence-electron chi connectivity index (χ4n) is 13.0. The number of nitrogens with zero attached hydrogens (tertiary/aromatic N) is 13. The van der Waals surface area contributed by atoms with E-state index in [1.165, 1.54) is 39.6 Å². The third kappa shape index (κ3) is 22.5. The molecule has 2 aliphatic heterocycles. The average molecular weight is 1730 g/mol. The molecule has 634 valence electrons. The number of carbonyl (C=O) groups excluding carboxylic acids is 2. The highest BCUT2D eigenvalue weighted by molar-refractivity contribution is 8.07. The van der Waals surface area contributed by atoms with Crippen LogP contribution in [0, 0.1) is 6.57 Å². The molecule has 1 fully saturated rings. The van der Waals surface area contributed by atoms with E-state index in [0.29, 0.717) is 49.6 Å². The predicted molar refractivity (Wildman–Crippen MR) is 440 cm³/mol. The van der Waals surface area contributed by atoms with Crippen molar-refractivity contribution in [2.75, 3.05) is 64.8 Å². The van der Waals surface area contributed by atoms with Crippen molar-refractivity contribution < 1.29 is 92.7 Å². The molecular formula is C76H102FN18O18P3SSi+2. The zero-order valence-electron chi connectivity index (χ0n) is 68.3. The summed E-state index contributed by atoms with van der Waals surface area (Å²) in [6, 6.07) is 26.6. The Morgan fingerprint density at radius 1 is 0.847 bits per heavy atom. The Kier molecular flexibility index (Phi) is 31.2.